The van der Waals surface area contributed by atoms with Gasteiger partial charge in [0.05, 0.1) is 6.61 Å². The van der Waals surface area contributed by atoms with Crippen LogP contribution in [0, 0.1) is 0 Å². The molecule has 0 aliphatic rings. The molecule has 0 saturated heterocycles. The molecule has 0 aliphatic carbocycles. The van der Waals surface area contributed by atoms with Crippen molar-refractivity contribution in [3.8, 4) is 0 Å². The number of ether oxygens (including phenoxy) is 1. The van der Waals surface area contributed by atoms with Crippen molar-refractivity contribution in [2.24, 2.45) is 5.84 Å². The molecule has 0 saturated carbocycles. The minimum absolute atomic E-state index is 0.350. The average Bonchev–Trinajstić information content (AvgIpc) is 2.06. The molecule has 70 valence electrons. The van der Waals surface area contributed by atoms with Gasteiger partial charge in [0.25, 0.3) is 0 Å². The van der Waals surface area contributed by atoms with E-state index in [0.29, 0.717) is 6.61 Å². The number of hydrogen-bond donors (Lipinski definition) is 3. The summed E-state index contributed by atoms with van der Waals surface area (Å²) in [6, 6.07) is 0. The third-order valence-electron chi connectivity index (χ3n) is 0.568. The molecular weight excluding hydrogens is 164 g/mol. The lowest BCUT2D eigenvalue weighted by atomic mass is 10.7. The summed E-state index contributed by atoms with van der Waals surface area (Å²) in [5.74, 6) is 3.65. The number of hydrazine groups is 1. The Morgan fingerprint density at radius 1 is 1.75 bits per heavy atom. The summed E-state index contributed by atoms with van der Waals surface area (Å²) in [7, 11) is 0. The number of nitrogens with one attached hydrogen (secondary N) is 1. The molecule has 0 radical (unpaired) electrons. The number of aliphatic carboxylic acids is 1. The Balaban J connectivity index is 0. The maximum Gasteiger partial charge on any atom is 0.421 e. The van der Waals surface area contributed by atoms with Gasteiger partial charge >= 0.3 is 12.1 Å². The first-order valence-corrected chi connectivity index (χ1v) is 3.07. The summed E-state index contributed by atoms with van der Waals surface area (Å²) in [6.07, 6.45) is 0.238. The van der Waals surface area contributed by atoms with E-state index in [-0.39, 0.29) is 0 Å². The molecule has 1 amide bonds. The van der Waals surface area contributed by atoms with E-state index in [1.165, 1.54) is 0 Å². The Bertz CT molecular complexity index is 158. The molecule has 0 rings (SSSR count). The molecule has 0 heterocycles. The van der Waals surface area contributed by atoms with Crippen LogP contribution in [0.25, 0.3) is 0 Å². The first-order valence-electron chi connectivity index (χ1n) is 3.07. The predicted octanol–water partition coefficient (Wildman–Crippen LogP) is -0.137. The smallest absolute Gasteiger partial charge is 0.421 e. The van der Waals surface area contributed by atoms with Crippen molar-refractivity contribution < 1.29 is 19.4 Å². The van der Waals surface area contributed by atoms with E-state index < -0.39 is 12.1 Å². The van der Waals surface area contributed by atoms with Crippen LogP contribution >= 0.6 is 0 Å². The number of hydrogen-bond acceptors (Lipinski definition) is 4. The standard InChI is InChI=1S/C3H8N2O2.C3H4O2/c1-2-7-3(6)5-4;1-2-3(4)5/h2,4H2,1H3,(H,5,6);2H,1H2,(H,4,5). The Kier molecular flexibility index (Phi) is 10.3. The Morgan fingerprint density at radius 2 is 2.17 bits per heavy atom. The summed E-state index contributed by atoms with van der Waals surface area (Å²) in [5.41, 5.74) is 1.80. The van der Waals surface area contributed by atoms with Gasteiger partial charge in [-0.3, -0.25) is 5.43 Å². The van der Waals surface area contributed by atoms with E-state index in [1.807, 2.05) is 0 Å². The molecule has 0 bridgehead atoms. The number of nitrogens with two attached hydrogens (primary N) is 1. The van der Waals surface area contributed by atoms with Crippen molar-refractivity contribution in [2.45, 2.75) is 6.92 Å². The molecule has 0 aromatic heterocycles. The second-order valence-corrected chi connectivity index (χ2v) is 1.41. The second-order valence-electron chi connectivity index (χ2n) is 1.41. The largest absolute Gasteiger partial charge is 0.478 e. The molecule has 0 fully saturated rings. The maximum atomic E-state index is 9.95. The van der Waals surface area contributed by atoms with Gasteiger partial charge in [-0.15, -0.1) is 0 Å². The van der Waals surface area contributed by atoms with Crippen LogP contribution in [0.15, 0.2) is 12.7 Å². The fourth-order valence-electron chi connectivity index (χ4n) is 0.173. The van der Waals surface area contributed by atoms with E-state index in [2.05, 4.69) is 17.2 Å². The van der Waals surface area contributed by atoms with Crippen molar-refractivity contribution in [3.63, 3.8) is 0 Å². The first kappa shape index (κ1) is 13.1. The maximum absolute atomic E-state index is 9.95. The van der Waals surface area contributed by atoms with Gasteiger partial charge in [0.2, 0.25) is 0 Å². The Morgan fingerprint density at radius 3 is 2.25 bits per heavy atom. The summed E-state index contributed by atoms with van der Waals surface area (Å²) in [4.78, 5) is 19.2. The highest BCUT2D eigenvalue weighted by Crippen LogP contribution is 1.69. The summed E-state index contributed by atoms with van der Waals surface area (Å²) >= 11 is 0. The van der Waals surface area contributed by atoms with Gasteiger partial charge in [-0.1, -0.05) is 6.58 Å². The SMILES string of the molecule is C=CC(=O)O.CCOC(=O)NN. The van der Waals surface area contributed by atoms with Crippen molar-refractivity contribution >= 4 is 12.1 Å². The second kappa shape index (κ2) is 9.44. The van der Waals surface area contributed by atoms with Gasteiger partial charge in [0, 0.05) is 6.08 Å². The molecule has 6 nitrogen and oxygen atoms in total. The topological polar surface area (TPSA) is 102 Å². The molecule has 0 unspecified atom stereocenters. The monoisotopic (exact) mass is 176 g/mol. The number of rotatable bonds is 2. The van der Waals surface area contributed by atoms with Crippen LogP contribution in [-0.4, -0.2) is 23.8 Å². The summed E-state index contributed by atoms with van der Waals surface area (Å²) < 4.78 is 4.32. The highest BCUT2D eigenvalue weighted by Gasteiger charge is 1.90. The predicted molar refractivity (Wildman–Crippen MR) is 42.2 cm³/mol. The van der Waals surface area contributed by atoms with Crippen LogP contribution in [-0.2, 0) is 9.53 Å². The third-order valence-corrected chi connectivity index (χ3v) is 0.568. The zero-order chi connectivity index (χ0) is 9.98. The van der Waals surface area contributed by atoms with Gasteiger partial charge < -0.3 is 9.84 Å². The average molecular weight is 176 g/mol. The van der Waals surface area contributed by atoms with Crippen molar-refractivity contribution in [1.82, 2.24) is 5.43 Å². The van der Waals surface area contributed by atoms with Crippen LogP contribution in [0.1, 0.15) is 6.92 Å². The Labute approximate surface area is 70.0 Å². The zero-order valence-electron chi connectivity index (χ0n) is 6.74. The lowest BCUT2D eigenvalue weighted by Crippen LogP contribution is -2.30. The normalized spacial score (nSPS) is 7.17. The quantitative estimate of drug-likeness (QED) is 0.235. The Hall–Kier alpha value is -1.56. The van der Waals surface area contributed by atoms with Crippen molar-refractivity contribution in [2.75, 3.05) is 6.61 Å². The molecule has 0 spiro atoms. The molecule has 12 heavy (non-hydrogen) atoms. The molecule has 0 aromatic carbocycles. The minimum Gasteiger partial charge on any atom is -0.478 e. The molecule has 0 aliphatic heterocycles. The highest BCUT2D eigenvalue weighted by atomic mass is 16.5. The van der Waals surface area contributed by atoms with Crippen molar-refractivity contribution in [1.29, 1.82) is 0 Å². The molecule has 0 aromatic rings. The van der Waals surface area contributed by atoms with E-state index >= 15 is 0 Å². The lowest BCUT2D eigenvalue weighted by Gasteiger charge is -1.95. The van der Waals surface area contributed by atoms with Crippen LogP contribution in [0.4, 0.5) is 4.79 Å². The van der Waals surface area contributed by atoms with E-state index in [1.54, 1.807) is 12.3 Å². The van der Waals surface area contributed by atoms with Gasteiger partial charge in [0.15, 0.2) is 0 Å². The number of carbonyl (C=O) groups excluding carboxylic acids is 1. The van der Waals surface area contributed by atoms with Gasteiger partial charge in [0.1, 0.15) is 0 Å². The van der Waals surface area contributed by atoms with E-state index in [4.69, 9.17) is 5.11 Å². The molecule has 0 atom stereocenters. The van der Waals surface area contributed by atoms with Gasteiger partial charge in [-0.05, 0) is 6.92 Å². The first-order chi connectivity index (χ1) is 5.58. The number of carbonyl (C=O) groups is 2. The van der Waals surface area contributed by atoms with Crippen LogP contribution in [0.3, 0.4) is 0 Å². The summed E-state index contributed by atoms with van der Waals surface area (Å²) in [5, 5.41) is 7.60. The van der Waals surface area contributed by atoms with E-state index in [0.717, 1.165) is 6.08 Å². The van der Waals surface area contributed by atoms with Crippen LogP contribution in [0.5, 0.6) is 0 Å². The fourth-order valence-corrected chi connectivity index (χ4v) is 0.173. The summed E-state index contributed by atoms with van der Waals surface area (Å²) in [6.45, 7) is 5.01. The minimum atomic E-state index is -0.981. The van der Waals surface area contributed by atoms with Crippen molar-refractivity contribution in [3.05, 3.63) is 12.7 Å². The van der Waals surface area contributed by atoms with Gasteiger partial charge in [-0.2, -0.15) is 0 Å². The lowest BCUT2D eigenvalue weighted by molar-refractivity contribution is -0.131. The molecule has 6 heteroatoms. The molecule has 4 N–H and O–H groups in total. The zero-order valence-corrected chi connectivity index (χ0v) is 6.74. The van der Waals surface area contributed by atoms with Gasteiger partial charge in [-0.25, -0.2) is 15.4 Å². The van der Waals surface area contributed by atoms with Crippen LogP contribution < -0.4 is 11.3 Å². The van der Waals surface area contributed by atoms with E-state index in [9.17, 15) is 9.59 Å². The van der Waals surface area contributed by atoms with Crippen LogP contribution in [0.2, 0.25) is 0 Å². The highest BCUT2D eigenvalue weighted by molar-refractivity contribution is 5.78. The number of amides is 1. The number of carboxylic acids is 1. The third kappa shape index (κ3) is 15.8. The molecular formula is C6H12N2O4. The fraction of sp³-hybridized carbons (Fsp3) is 0.333. The number of carboxylic acid groups (broad SMARTS) is 1.